The summed E-state index contributed by atoms with van der Waals surface area (Å²) in [5.41, 5.74) is 1.93. The standard InChI is InChI=1S/C9H8O3/c10-8-6-1-2-7-5(6)3-4-11-9(7)12-8/h1-2,5,9H,3-4H2. The number of ether oxygens (including phenoxy) is 2. The summed E-state index contributed by atoms with van der Waals surface area (Å²) in [7, 11) is 0. The van der Waals surface area contributed by atoms with E-state index in [1.165, 1.54) is 0 Å². The molecule has 12 heavy (non-hydrogen) atoms. The third kappa shape index (κ3) is 0.623. The Hall–Kier alpha value is -1.09. The van der Waals surface area contributed by atoms with Crippen LogP contribution in [0.2, 0.25) is 0 Å². The Morgan fingerprint density at radius 1 is 1.42 bits per heavy atom. The minimum Gasteiger partial charge on any atom is -0.428 e. The van der Waals surface area contributed by atoms with Gasteiger partial charge in [-0.15, -0.1) is 0 Å². The molecule has 3 rings (SSSR count). The molecule has 0 spiro atoms. The van der Waals surface area contributed by atoms with Crippen molar-refractivity contribution in [3.8, 4) is 0 Å². The summed E-state index contributed by atoms with van der Waals surface area (Å²) < 4.78 is 10.4. The van der Waals surface area contributed by atoms with Gasteiger partial charge in [-0.25, -0.2) is 4.79 Å². The van der Waals surface area contributed by atoms with Crippen LogP contribution in [0.5, 0.6) is 0 Å². The van der Waals surface area contributed by atoms with Gasteiger partial charge in [0, 0.05) is 17.1 Å². The average molecular weight is 164 g/mol. The molecule has 2 fully saturated rings. The molecule has 1 aliphatic carbocycles. The van der Waals surface area contributed by atoms with Gasteiger partial charge in [-0.3, -0.25) is 0 Å². The van der Waals surface area contributed by atoms with Gasteiger partial charge >= 0.3 is 5.97 Å². The Labute approximate surface area is 69.7 Å². The number of carbonyl (C=O) groups excluding carboxylic acids is 1. The molecule has 2 aliphatic heterocycles. The summed E-state index contributed by atoms with van der Waals surface area (Å²) in [6.45, 7) is 0.692. The Balaban J connectivity index is 2.10. The van der Waals surface area contributed by atoms with Crippen LogP contribution in [0.1, 0.15) is 6.42 Å². The van der Waals surface area contributed by atoms with Gasteiger partial charge in [0.2, 0.25) is 6.29 Å². The second kappa shape index (κ2) is 1.98. The third-order valence-corrected chi connectivity index (χ3v) is 2.63. The Morgan fingerprint density at radius 3 is 3.25 bits per heavy atom. The minimum absolute atomic E-state index is 0.206. The van der Waals surface area contributed by atoms with Crippen molar-refractivity contribution in [3.05, 3.63) is 23.3 Å². The number of allylic oxidation sites excluding steroid dienone is 2. The van der Waals surface area contributed by atoms with E-state index in [4.69, 9.17) is 9.47 Å². The number of hydrogen-bond acceptors (Lipinski definition) is 3. The molecule has 4 bridgehead atoms. The number of carbonyl (C=O) groups is 1. The summed E-state index contributed by atoms with van der Waals surface area (Å²) in [6.07, 6.45) is 4.34. The Morgan fingerprint density at radius 2 is 2.33 bits per heavy atom. The molecule has 2 heterocycles. The van der Waals surface area contributed by atoms with Gasteiger partial charge in [0.15, 0.2) is 0 Å². The van der Waals surface area contributed by atoms with Crippen molar-refractivity contribution in [3.63, 3.8) is 0 Å². The first kappa shape index (κ1) is 6.43. The number of rotatable bonds is 0. The van der Waals surface area contributed by atoms with E-state index < -0.39 is 6.29 Å². The summed E-state index contributed by atoms with van der Waals surface area (Å²) in [5, 5.41) is 0. The van der Waals surface area contributed by atoms with Crippen LogP contribution in [-0.4, -0.2) is 18.9 Å². The highest BCUT2D eigenvalue weighted by atomic mass is 16.7. The minimum atomic E-state index is -0.390. The summed E-state index contributed by atoms with van der Waals surface area (Å²) in [5.74, 6) is 0.0900. The van der Waals surface area contributed by atoms with Crippen LogP contribution in [0.4, 0.5) is 0 Å². The molecule has 0 amide bonds. The van der Waals surface area contributed by atoms with Gasteiger partial charge in [-0.1, -0.05) is 12.2 Å². The lowest BCUT2D eigenvalue weighted by Crippen LogP contribution is -2.39. The second-order valence-corrected chi connectivity index (χ2v) is 3.24. The van der Waals surface area contributed by atoms with Crippen molar-refractivity contribution in [2.45, 2.75) is 12.7 Å². The van der Waals surface area contributed by atoms with Crippen LogP contribution in [0.3, 0.4) is 0 Å². The molecule has 62 valence electrons. The number of esters is 1. The fourth-order valence-electron chi connectivity index (χ4n) is 2.03. The van der Waals surface area contributed by atoms with Crippen molar-refractivity contribution < 1.29 is 14.3 Å². The highest BCUT2D eigenvalue weighted by Crippen LogP contribution is 2.41. The van der Waals surface area contributed by atoms with Crippen LogP contribution in [0, 0.1) is 5.92 Å². The third-order valence-electron chi connectivity index (χ3n) is 2.63. The Kier molecular flexibility index (Phi) is 1.06. The van der Waals surface area contributed by atoms with Gasteiger partial charge in [-0.2, -0.15) is 0 Å². The molecule has 2 atom stereocenters. The fraction of sp³-hybridized carbons (Fsp3) is 0.444. The van der Waals surface area contributed by atoms with E-state index in [9.17, 15) is 4.79 Å². The zero-order valence-electron chi connectivity index (χ0n) is 6.45. The monoisotopic (exact) mass is 164 g/mol. The zero-order valence-corrected chi connectivity index (χ0v) is 6.45. The van der Waals surface area contributed by atoms with Gasteiger partial charge in [0.05, 0.1) is 6.61 Å². The van der Waals surface area contributed by atoms with Crippen LogP contribution >= 0.6 is 0 Å². The molecule has 3 heteroatoms. The van der Waals surface area contributed by atoms with Crippen LogP contribution in [0.15, 0.2) is 23.3 Å². The molecular formula is C9H8O3. The van der Waals surface area contributed by atoms with Crippen molar-refractivity contribution >= 4 is 5.97 Å². The lowest BCUT2D eigenvalue weighted by Gasteiger charge is -2.34. The average Bonchev–Trinajstić information content (AvgIpc) is 2.39. The van der Waals surface area contributed by atoms with Crippen LogP contribution in [0.25, 0.3) is 0 Å². The summed E-state index contributed by atoms with van der Waals surface area (Å²) >= 11 is 0. The van der Waals surface area contributed by atoms with E-state index >= 15 is 0 Å². The van der Waals surface area contributed by atoms with E-state index in [1.807, 2.05) is 12.2 Å². The van der Waals surface area contributed by atoms with Crippen molar-refractivity contribution in [1.82, 2.24) is 0 Å². The summed E-state index contributed by atoms with van der Waals surface area (Å²) in [4.78, 5) is 11.3. The normalized spacial score (nSPS) is 37.2. The highest BCUT2D eigenvalue weighted by molar-refractivity contribution is 5.93. The van der Waals surface area contributed by atoms with Gasteiger partial charge in [0.25, 0.3) is 0 Å². The topological polar surface area (TPSA) is 35.5 Å². The molecular weight excluding hydrogens is 156 g/mol. The van der Waals surface area contributed by atoms with E-state index in [0.717, 1.165) is 17.6 Å². The maximum atomic E-state index is 11.3. The van der Waals surface area contributed by atoms with Gasteiger partial charge in [-0.05, 0) is 6.42 Å². The van der Waals surface area contributed by atoms with Crippen LogP contribution in [-0.2, 0) is 14.3 Å². The molecule has 3 nitrogen and oxygen atoms in total. The maximum absolute atomic E-state index is 11.3. The Bertz CT molecular complexity index is 314. The molecule has 0 N–H and O–H groups in total. The lowest BCUT2D eigenvalue weighted by atomic mass is 9.88. The quantitative estimate of drug-likeness (QED) is 0.496. The highest BCUT2D eigenvalue weighted by Gasteiger charge is 2.43. The summed E-state index contributed by atoms with van der Waals surface area (Å²) in [6, 6.07) is 0. The molecule has 3 aliphatic rings. The molecule has 0 aromatic rings. The first-order chi connectivity index (χ1) is 5.86. The largest absolute Gasteiger partial charge is 0.428 e. The van der Waals surface area contributed by atoms with E-state index in [2.05, 4.69) is 0 Å². The second-order valence-electron chi connectivity index (χ2n) is 3.24. The molecule has 2 saturated heterocycles. The van der Waals surface area contributed by atoms with Gasteiger partial charge in [0.1, 0.15) is 0 Å². The van der Waals surface area contributed by atoms with Crippen molar-refractivity contribution in [2.75, 3.05) is 6.61 Å². The first-order valence-electron chi connectivity index (χ1n) is 4.10. The fourth-order valence-corrected chi connectivity index (χ4v) is 2.03. The van der Waals surface area contributed by atoms with Gasteiger partial charge < -0.3 is 9.47 Å². The van der Waals surface area contributed by atoms with Crippen LogP contribution < -0.4 is 0 Å². The van der Waals surface area contributed by atoms with Crippen molar-refractivity contribution in [1.29, 1.82) is 0 Å². The number of hydrogen-bond donors (Lipinski definition) is 0. The van der Waals surface area contributed by atoms with E-state index in [0.29, 0.717) is 12.5 Å². The molecule has 0 saturated carbocycles. The molecule has 2 unspecified atom stereocenters. The predicted molar refractivity (Wildman–Crippen MR) is 40.1 cm³/mol. The first-order valence-corrected chi connectivity index (χ1v) is 4.10. The smallest absolute Gasteiger partial charge is 0.337 e. The lowest BCUT2D eigenvalue weighted by molar-refractivity contribution is -0.180. The SMILES string of the molecule is O=C1OC2OCCC3C1=CC=C23. The zero-order chi connectivity index (χ0) is 8.13. The molecule has 0 aromatic carbocycles. The molecule has 0 aromatic heterocycles. The molecule has 0 radical (unpaired) electrons. The van der Waals surface area contributed by atoms with E-state index in [-0.39, 0.29) is 5.97 Å². The maximum Gasteiger partial charge on any atom is 0.337 e. The van der Waals surface area contributed by atoms with Crippen molar-refractivity contribution in [2.24, 2.45) is 5.92 Å². The van der Waals surface area contributed by atoms with E-state index in [1.54, 1.807) is 0 Å². The predicted octanol–water partition coefficient (Wildman–Crippen LogP) is 0.772.